The fourth-order valence-corrected chi connectivity index (χ4v) is 2.53. The lowest BCUT2D eigenvalue weighted by Gasteiger charge is -2.30. The van der Waals surface area contributed by atoms with E-state index in [1.54, 1.807) is 19.2 Å². The van der Waals surface area contributed by atoms with E-state index in [1.165, 1.54) is 7.11 Å². The fourth-order valence-electron chi connectivity index (χ4n) is 2.53. The molecule has 0 amide bonds. The molecule has 0 aliphatic rings. The number of carbonyl (C=O) groups is 1. The molecule has 2 aromatic rings. The number of nitrogens with zero attached hydrogens (tertiary/aromatic N) is 1. The summed E-state index contributed by atoms with van der Waals surface area (Å²) in [5.74, 6) is 0.180. The predicted octanol–water partition coefficient (Wildman–Crippen LogP) is 3.65. The van der Waals surface area contributed by atoms with Gasteiger partial charge in [-0.1, -0.05) is 36.9 Å². The molecule has 1 atom stereocenters. The minimum atomic E-state index is -1.15. The van der Waals surface area contributed by atoms with Gasteiger partial charge >= 0.3 is 5.97 Å². The maximum atomic E-state index is 11.8. The van der Waals surface area contributed by atoms with Crippen molar-refractivity contribution in [2.45, 2.75) is 12.0 Å². The molecule has 0 aliphatic heterocycles. The Balaban J connectivity index is 2.41. The highest BCUT2D eigenvalue weighted by Crippen LogP contribution is 2.32. The Bertz CT molecular complexity index is 779. The van der Waals surface area contributed by atoms with Gasteiger partial charge in [-0.15, -0.1) is 0 Å². The van der Waals surface area contributed by atoms with Crippen LogP contribution in [0.2, 0.25) is 0 Å². The molecule has 0 fully saturated rings. The van der Waals surface area contributed by atoms with Gasteiger partial charge < -0.3 is 14.8 Å². The van der Waals surface area contributed by atoms with E-state index < -0.39 is 11.5 Å². The Labute approximate surface area is 147 Å². The van der Waals surface area contributed by atoms with Crippen LogP contribution in [0.25, 0.3) is 0 Å². The summed E-state index contributed by atoms with van der Waals surface area (Å²) in [5.41, 5.74) is 0.525. The molecule has 0 heterocycles. The van der Waals surface area contributed by atoms with Gasteiger partial charge in [-0.3, -0.25) is 0 Å². The molecule has 0 spiro atoms. The summed E-state index contributed by atoms with van der Waals surface area (Å²) in [7, 11) is 2.88. The Morgan fingerprint density at radius 3 is 2.32 bits per heavy atom. The van der Waals surface area contributed by atoms with Gasteiger partial charge in [0.25, 0.3) is 0 Å². The summed E-state index contributed by atoms with van der Waals surface area (Å²) in [4.78, 5) is 11.8. The first-order valence-electron chi connectivity index (χ1n) is 7.70. The second-order valence-electron chi connectivity index (χ2n) is 5.51. The molecule has 2 aromatic carbocycles. The predicted molar refractivity (Wildman–Crippen MR) is 96.1 cm³/mol. The standard InChI is InChI=1S/C20H20N2O3/c1-15(19(23)25-3)13-20(14-21,16-7-5-4-6-8-16)22-17-9-11-18(24-2)12-10-17/h4-12,22H,1,13H2,2-3H3. The normalized spacial score (nSPS) is 12.4. The van der Waals surface area contributed by atoms with Crippen molar-refractivity contribution < 1.29 is 14.3 Å². The molecular weight excluding hydrogens is 316 g/mol. The molecule has 0 aliphatic carbocycles. The van der Waals surface area contributed by atoms with Gasteiger partial charge in [-0.2, -0.15) is 5.26 Å². The molecule has 0 bridgehead atoms. The molecule has 2 rings (SSSR count). The lowest BCUT2D eigenvalue weighted by atomic mass is 9.84. The van der Waals surface area contributed by atoms with E-state index in [9.17, 15) is 10.1 Å². The van der Waals surface area contributed by atoms with Gasteiger partial charge in [0.05, 0.1) is 20.3 Å². The van der Waals surface area contributed by atoms with Gasteiger partial charge in [-0.05, 0) is 29.8 Å². The van der Waals surface area contributed by atoms with Crippen molar-refractivity contribution >= 4 is 11.7 Å². The molecule has 1 unspecified atom stereocenters. The molecule has 1 N–H and O–H groups in total. The molecule has 0 radical (unpaired) electrons. The van der Waals surface area contributed by atoms with E-state index in [4.69, 9.17) is 9.47 Å². The number of carbonyl (C=O) groups excluding carboxylic acids is 1. The first-order valence-corrected chi connectivity index (χ1v) is 7.70. The van der Waals surface area contributed by atoms with E-state index in [0.29, 0.717) is 5.75 Å². The highest BCUT2D eigenvalue weighted by molar-refractivity contribution is 5.88. The summed E-state index contributed by atoms with van der Waals surface area (Å²) in [6.45, 7) is 3.77. The average molecular weight is 336 g/mol. The van der Waals surface area contributed by atoms with E-state index >= 15 is 0 Å². The highest BCUT2D eigenvalue weighted by atomic mass is 16.5. The van der Waals surface area contributed by atoms with Gasteiger partial charge in [0.15, 0.2) is 5.54 Å². The van der Waals surface area contributed by atoms with Crippen molar-refractivity contribution in [1.29, 1.82) is 5.26 Å². The summed E-state index contributed by atoms with van der Waals surface area (Å²) in [5, 5.41) is 13.2. The minimum Gasteiger partial charge on any atom is -0.497 e. The van der Waals surface area contributed by atoms with Crippen LogP contribution >= 0.6 is 0 Å². The van der Waals surface area contributed by atoms with Crippen molar-refractivity contribution in [3.05, 3.63) is 72.3 Å². The highest BCUT2D eigenvalue weighted by Gasteiger charge is 2.34. The number of hydrogen-bond acceptors (Lipinski definition) is 5. The molecule has 0 saturated heterocycles. The zero-order valence-electron chi connectivity index (χ0n) is 14.3. The van der Waals surface area contributed by atoms with Crippen LogP contribution in [-0.4, -0.2) is 20.2 Å². The third kappa shape index (κ3) is 4.18. The average Bonchev–Trinajstić information content (AvgIpc) is 2.67. The zero-order valence-corrected chi connectivity index (χ0v) is 14.3. The number of methoxy groups -OCH3 is 2. The van der Waals surface area contributed by atoms with Crippen molar-refractivity contribution in [3.8, 4) is 11.8 Å². The minimum absolute atomic E-state index is 0.0895. The SMILES string of the molecule is C=C(CC(C#N)(Nc1ccc(OC)cc1)c1ccccc1)C(=O)OC. The lowest BCUT2D eigenvalue weighted by Crippen LogP contribution is -2.35. The van der Waals surface area contributed by atoms with Crippen LogP contribution in [0.1, 0.15) is 12.0 Å². The Morgan fingerprint density at radius 2 is 1.80 bits per heavy atom. The molecule has 5 heteroatoms. The Kier molecular flexibility index (Phi) is 5.80. The Morgan fingerprint density at radius 1 is 1.16 bits per heavy atom. The molecule has 5 nitrogen and oxygen atoms in total. The monoisotopic (exact) mass is 336 g/mol. The molecule has 0 aromatic heterocycles. The van der Waals surface area contributed by atoms with Crippen LogP contribution in [0.5, 0.6) is 5.75 Å². The zero-order chi connectivity index (χ0) is 18.3. The van der Waals surface area contributed by atoms with Crippen LogP contribution in [0.4, 0.5) is 5.69 Å². The van der Waals surface area contributed by atoms with E-state index in [2.05, 4.69) is 18.0 Å². The lowest BCUT2D eigenvalue weighted by molar-refractivity contribution is -0.136. The summed E-state index contributed by atoms with van der Waals surface area (Å²) in [6.07, 6.45) is 0.0895. The van der Waals surface area contributed by atoms with Crippen LogP contribution in [0, 0.1) is 11.3 Å². The van der Waals surface area contributed by atoms with Crippen molar-refractivity contribution in [1.82, 2.24) is 0 Å². The molecular formula is C20H20N2O3. The van der Waals surface area contributed by atoms with Gasteiger partial charge in [0, 0.05) is 17.7 Å². The molecule has 128 valence electrons. The fraction of sp³-hybridized carbons (Fsp3) is 0.200. The largest absolute Gasteiger partial charge is 0.497 e. The summed E-state index contributed by atoms with van der Waals surface area (Å²) < 4.78 is 9.88. The van der Waals surface area contributed by atoms with Crippen LogP contribution in [0.3, 0.4) is 0 Å². The summed E-state index contributed by atoms with van der Waals surface area (Å²) in [6, 6.07) is 18.8. The first kappa shape index (κ1) is 18.1. The van der Waals surface area contributed by atoms with Crippen molar-refractivity contribution in [2.75, 3.05) is 19.5 Å². The number of benzene rings is 2. The quantitative estimate of drug-likeness (QED) is 0.617. The third-order valence-electron chi connectivity index (χ3n) is 3.86. The first-order chi connectivity index (χ1) is 12.0. The molecule has 25 heavy (non-hydrogen) atoms. The number of nitrogens with one attached hydrogen (secondary N) is 1. The number of esters is 1. The number of nitriles is 1. The second kappa shape index (κ2) is 8.02. The van der Waals surface area contributed by atoms with Gasteiger partial charge in [0.2, 0.25) is 0 Å². The van der Waals surface area contributed by atoms with E-state index in [1.807, 2.05) is 42.5 Å². The third-order valence-corrected chi connectivity index (χ3v) is 3.86. The van der Waals surface area contributed by atoms with Crippen LogP contribution in [0.15, 0.2) is 66.7 Å². The topological polar surface area (TPSA) is 71.3 Å². The van der Waals surface area contributed by atoms with Crippen LogP contribution in [-0.2, 0) is 15.1 Å². The second-order valence-corrected chi connectivity index (χ2v) is 5.51. The number of rotatable bonds is 7. The van der Waals surface area contributed by atoms with Crippen molar-refractivity contribution in [3.63, 3.8) is 0 Å². The van der Waals surface area contributed by atoms with Crippen LogP contribution < -0.4 is 10.1 Å². The smallest absolute Gasteiger partial charge is 0.333 e. The maximum Gasteiger partial charge on any atom is 0.333 e. The van der Waals surface area contributed by atoms with E-state index in [0.717, 1.165) is 11.3 Å². The Hall–Kier alpha value is -3.26. The molecule has 0 saturated carbocycles. The maximum absolute atomic E-state index is 11.8. The van der Waals surface area contributed by atoms with E-state index in [-0.39, 0.29) is 12.0 Å². The number of ether oxygens (including phenoxy) is 2. The van der Waals surface area contributed by atoms with Gasteiger partial charge in [0.1, 0.15) is 5.75 Å². The number of hydrogen-bond donors (Lipinski definition) is 1. The number of anilines is 1. The van der Waals surface area contributed by atoms with Gasteiger partial charge in [-0.25, -0.2) is 4.79 Å². The van der Waals surface area contributed by atoms with Crippen molar-refractivity contribution in [2.24, 2.45) is 0 Å². The summed E-state index contributed by atoms with van der Waals surface area (Å²) >= 11 is 0.